The van der Waals surface area contributed by atoms with Gasteiger partial charge in [0.25, 0.3) is 0 Å². The van der Waals surface area contributed by atoms with Crippen LogP contribution in [0.1, 0.15) is 45.3 Å². The normalized spacial score (nSPS) is 13.7. The van der Waals surface area contributed by atoms with Crippen LogP contribution in [0, 0.1) is 0 Å². The molecule has 3 aromatic rings. The Balaban J connectivity index is 2.28. The first-order chi connectivity index (χ1) is 9.88. The van der Waals surface area contributed by atoms with E-state index < -0.39 is 0 Å². The molecule has 2 heterocycles. The third kappa shape index (κ3) is 2.31. The molecule has 4 heteroatoms. The number of nitrogens with two attached hydrogens (primary N) is 1. The summed E-state index contributed by atoms with van der Waals surface area (Å²) in [4.78, 5) is 4.82. The minimum Gasteiger partial charge on any atom is -0.467 e. The van der Waals surface area contributed by atoms with Crippen molar-refractivity contribution in [1.29, 1.82) is 0 Å². The van der Waals surface area contributed by atoms with Gasteiger partial charge < -0.3 is 14.7 Å². The molecule has 1 aromatic carbocycles. The van der Waals surface area contributed by atoms with Gasteiger partial charge in [-0.1, -0.05) is 20.8 Å². The molecule has 0 saturated carbocycles. The number of anilines is 1. The highest BCUT2D eigenvalue weighted by atomic mass is 16.3. The molecule has 2 aromatic heterocycles. The second-order valence-electron chi connectivity index (χ2n) is 6.49. The molecule has 0 saturated heterocycles. The van der Waals surface area contributed by atoms with Gasteiger partial charge in [-0.15, -0.1) is 0 Å². The molecule has 3 rings (SSSR count). The van der Waals surface area contributed by atoms with Gasteiger partial charge in [-0.05, 0) is 37.3 Å². The van der Waals surface area contributed by atoms with Crippen LogP contribution in [0.4, 0.5) is 5.69 Å². The summed E-state index contributed by atoms with van der Waals surface area (Å²) in [5.74, 6) is 1.96. The average molecular weight is 283 g/mol. The van der Waals surface area contributed by atoms with Crippen LogP contribution in [0.5, 0.6) is 0 Å². The van der Waals surface area contributed by atoms with E-state index in [0.717, 1.165) is 28.3 Å². The van der Waals surface area contributed by atoms with Gasteiger partial charge in [0, 0.05) is 11.1 Å². The zero-order chi connectivity index (χ0) is 15.2. The van der Waals surface area contributed by atoms with Crippen molar-refractivity contribution in [2.75, 3.05) is 5.73 Å². The molecule has 0 radical (unpaired) electrons. The molecule has 0 aliphatic carbocycles. The minimum absolute atomic E-state index is 0.0609. The number of rotatable bonds is 2. The first kappa shape index (κ1) is 13.7. The van der Waals surface area contributed by atoms with Gasteiger partial charge in [0.05, 0.1) is 23.3 Å². The number of nitrogen functional groups attached to an aromatic ring is 1. The van der Waals surface area contributed by atoms with Crippen molar-refractivity contribution in [1.82, 2.24) is 9.55 Å². The number of nitrogens with zero attached hydrogens (tertiary/aromatic N) is 2. The number of hydrogen-bond acceptors (Lipinski definition) is 3. The Morgan fingerprint density at radius 2 is 2.00 bits per heavy atom. The molecule has 21 heavy (non-hydrogen) atoms. The first-order valence-electron chi connectivity index (χ1n) is 7.19. The Kier molecular flexibility index (Phi) is 3.04. The second kappa shape index (κ2) is 4.65. The lowest BCUT2D eigenvalue weighted by molar-refractivity contribution is 0.421. The van der Waals surface area contributed by atoms with Crippen molar-refractivity contribution >= 4 is 16.7 Å². The summed E-state index contributed by atoms with van der Waals surface area (Å²) in [5.41, 5.74) is 8.58. The minimum atomic E-state index is -0.0609. The molecule has 0 spiro atoms. The van der Waals surface area contributed by atoms with Crippen LogP contribution >= 0.6 is 0 Å². The maximum absolute atomic E-state index is 5.90. The molecule has 0 fully saturated rings. The molecule has 1 atom stereocenters. The third-order valence-electron chi connectivity index (χ3n) is 3.73. The molecule has 0 aliphatic heterocycles. The van der Waals surface area contributed by atoms with E-state index in [-0.39, 0.29) is 11.5 Å². The van der Waals surface area contributed by atoms with Crippen LogP contribution in [0.2, 0.25) is 0 Å². The number of aromatic nitrogens is 2. The van der Waals surface area contributed by atoms with E-state index in [0.29, 0.717) is 0 Å². The molecule has 0 aliphatic rings. The standard InChI is InChI=1S/C17H21N3O/c1-11(15-6-5-9-21-15)20-14-8-7-12(18)10-13(14)19-16(20)17(2,3)4/h5-11H,18H2,1-4H3. The summed E-state index contributed by atoms with van der Waals surface area (Å²) in [6.07, 6.45) is 1.71. The van der Waals surface area contributed by atoms with E-state index in [9.17, 15) is 0 Å². The second-order valence-corrected chi connectivity index (χ2v) is 6.49. The summed E-state index contributed by atoms with van der Waals surface area (Å²) in [6, 6.07) is 9.88. The van der Waals surface area contributed by atoms with Crippen molar-refractivity contribution in [3.05, 3.63) is 48.2 Å². The highest BCUT2D eigenvalue weighted by molar-refractivity contribution is 5.80. The van der Waals surface area contributed by atoms with Gasteiger partial charge in [-0.2, -0.15) is 0 Å². The van der Waals surface area contributed by atoms with Gasteiger partial charge >= 0.3 is 0 Å². The fraction of sp³-hybridized carbons (Fsp3) is 0.353. The predicted octanol–water partition coefficient (Wildman–Crippen LogP) is 4.12. The summed E-state index contributed by atoms with van der Waals surface area (Å²) in [7, 11) is 0. The SMILES string of the molecule is CC(c1ccco1)n1c(C(C)(C)C)nc2cc(N)ccc21. The molecule has 110 valence electrons. The van der Waals surface area contributed by atoms with Gasteiger partial charge in [-0.3, -0.25) is 0 Å². The maximum atomic E-state index is 5.90. The Hall–Kier alpha value is -2.23. The van der Waals surface area contributed by atoms with Crippen molar-refractivity contribution in [3.8, 4) is 0 Å². The van der Waals surface area contributed by atoms with Crippen molar-refractivity contribution in [2.24, 2.45) is 0 Å². The molecule has 0 bridgehead atoms. The highest BCUT2D eigenvalue weighted by Gasteiger charge is 2.26. The van der Waals surface area contributed by atoms with Crippen molar-refractivity contribution in [2.45, 2.75) is 39.2 Å². The molecule has 2 N–H and O–H groups in total. The number of hydrogen-bond donors (Lipinski definition) is 1. The highest BCUT2D eigenvalue weighted by Crippen LogP contribution is 2.32. The lowest BCUT2D eigenvalue weighted by Gasteiger charge is -2.23. The predicted molar refractivity (Wildman–Crippen MR) is 85.4 cm³/mol. The Morgan fingerprint density at radius 3 is 2.62 bits per heavy atom. The molecular formula is C17H21N3O. The van der Waals surface area contributed by atoms with Crippen LogP contribution < -0.4 is 5.73 Å². The van der Waals surface area contributed by atoms with E-state index in [1.807, 2.05) is 30.3 Å². The molecule has 4 nitrogen and oxygen atoms in total. The lowest BCUT2D eigenvalue weighted by Crippen LogP contribution is -2.21. The van der Waals surface area contributed by atoms with E-state index >= 15 is 0 Å². The monoisotopic (exact) mass is 283 g/mol. The number of fused-ring (bicyclic) bond motifs is 1. The molecular weight excluding hydrogens is 262 g/mol. The molecule has 1 unspecified atom stereocenters. The lowest BCUT2D eigenvalue weighted by atomic mass is 9.95. The Labute approximate surface area is 124 Å². The van der Waals surface area contributed by atoms with Gasteiger partial charge in [0.2, 0.25) is 0 Å². The zero-order valence-corrected chi connectivity index (χ0v) is 12.9. The van der Waals surface area contributed by atoms with Crippen LogP contribution in [0.15, 0.2) is 41.0 Å². The average Bonchev–Trinajstić information content (AvgIpc) is 3.03. The van der Waals surface area contributed by atoms with Crippen LogP contribution in [-0.4, -0.2) is 9.55 Å². The summed E-state index contributed by atoms with van der Waals surface area (Å²) >= 11 is 0. The Morgan fingerprint density at radius 1 is 1.24 bits per heavy atom. The van der Waals surface area contributed by atoms with Gasteiger partial charge in [-0.25, -0.2) is 4.98 Å². The third-order valence-corrected chi connectivity index (χ3v) is 3.73. The Bertz CT molecular complexity index is 763. The van der Waals surface area contributed by atoms with E-state index in [2.05, 4.69) is 32.3 Å². The van der Waals surface area contributed by atoms with Gasteiger partial charge in [0.1, 0.15) is 11.6 Å². The zero-order valence-electron chi connectivity index (χ0n) is 12.9. The quantitative estimate of drug-likeness (QED) is 0.720. The van der Waals surface area contributed by atoms with Gasteiger partial charge in [0.15, 0.2) is 0 Å². The largest absolute Gasteiger partial charge is 0.467 e. The first-order valence-corrected chi connectivity index (χ1v) is 7.19. The topological polar surface area (TPSA) is 57.0 Å². The number of imidazole rings is 1. The smallest absolute Gasteiger partial charge is 0.126 e. The van der Waals surface area contributed by atoms with E-state index in [1.54, 1.807) is 6.26 Å². The van der Waals surface area contributed by atoms with Crippen LogP contribution in [0.25, 0.3) is 11.0 Å². The van der Waals surface area contributed by atoms with Crippen LogP contribution in [-0.2, 0) is 5.41 Å². The maximum Gasteiger partial charge on any atom is 0.126 e. The van der Waals surface area contributed by atoms with Crippen molar-refractivity contribution in [3.63, 3.8) is 0 Å². The summed E-state index contributed by atoms with van der Waals surface area (Å²) in [5, 5.41) is 0. The van der Waals surface area contributed by atoms with E-state index in [1.165, 1.54) is 0 Å². The van der Waals surface area contributed by atoms with Crippen LogP contribution in [0.3, 0.4) is 0 Å². The number of benzene rings is 1. The summed E-state index contributed by atoms with van der Waals surface area (Å²) < 4.78 is 7.83. The number of furan rings is 1. The summed E-state index contributed by atoms with van der Waals surface area (Å²) in [6.45, 7) is 8.64. The van der Waals surface area contributed by atoms with Crippen molar-refractivity contribution < 1.29 is 4.42 Å². The van der Waals surface area contributed by atoms with E-state index in [4.69, 9.17) is 15.1 Å². The molecule has 0 amide bonds. The fourth-order valence-corrected chi connectivity index (χ4v) is 2.69. The fourth-order valence-electron chi connectivity index (χ4n) is 2.69.